The molecule has 1 unspecified atom stereocenters. The first-order valence-corrected chi connectivity index (χ1v) is 10.6. The molecule has 0 radical (unpaired) electrons. The SMILES string of the molecule is COc1ccccc1C[C@H](NC(=O)OCc1ccccc1)C(=O)NCC1CC(Br)=NO1. The zero-order chi connectivity index (χ0) is 22.1. The van der Waals surface area contributed by atoms with E-state index in [9.17, 15) is 9.59 Å². The van der Waals surface area contributed by atoms with E-state index < -0.39 is 12.1 Å². The number of para-hydroxylation sites is 1. The fourth-order valence-corrected chi connectivity index (χ4v) is 3.49. The van der Waals surface area contributed by atoms with E-state index in [4.69, 9.17) is 14.3 Å². The maximum atomic E-state index is 12.9. The molecule has 0 aliphatic carbocycles. The molecule has 1 heterocycles. The van der Waals surface area contributed by atoms with Crippen LogP contribution in [0.25, 0.3) is 0 Å². The molecule has 1 aliphatic heterocycles. The van der Waals surface area contributed by atoms with Gasteiger partial charge in [0.2, 0.25) is 5.91 Å². The lowest BCUT2D eigenvalue weighted by molar-refractivity contribution is -0.123. The second-order valence-corrected chi connectivity index (χ2v) is 7.83. The van der Waals surface area contributed by atoms with Crippen LogP contribution in [-0.2, 0) is 27.4 Å². The number of carbonyl (C=O) groups is 2. The highest BCUT2D eigenvalue weighted by molar-refractivity contribution is 9.18. The van der Waals surface area contributed by atoms with Gasteiger partial charge in [0.05, 0.1) is 13.7 Å². The normalized spacial score (nSPS) is 15.9. The van der Waals surface area contributed by atoms with Crippen LogP contribution in [0.3, 0.4) is 0 Å². The fourth-order valence-electron chi connectivity index (χ4n) is 3.05. The monoisotopic (exact) mass is 489 g/mol. The smallest absolute Gasteiger partial charge is 0.408 e. The van der Waals surface area contributed by atoms with E-state index in [-0.39, 0.29) is 31.6 Å². The number of hydrogen-bond acceptors (Lipinski definition) is 6. The van der Waals surface area contributed by atoms with Gasteiger partial charge in [0.15, 0.2) is 6.10 Å². The second-order valence-electron chi connectivity index (χ2n) is 6.92. The molecule has 0 saturated heterocycles. The summed E-state index contributed by atoms with van der Waals surface area (Å²) in [4.78, 5) is 30.5. The molecule has 9 heteroatoms. The zero-order valence-corrected chi connectivity index (χ0v) is 18.6. The number of amides is 2. The van der Waals surface area contributed by atoms with Crippen LogP contribution in [0.5, 0.6) is 5.75 Å². The Hall–Kier alpha value is -3.07. The van der Waals surface area contributed by atoms with E-state index >= 15 is 0 Å². The Morgan fingerprint density at radius 1 is 1.19 bits per heavy atom. The van der Waals surface area contributed by atoms with Gasteiger partial charge in [-0.1, -0.05) is 53.7 Å². The summed E-state index contributed by atoms with van der Waals surface area (Å²) >= 11 is 3.27. The molecule has 8 nitrogen and oxygen atoms in total. The summed E-state index contributed by atoms with van der Waals surface area (Å²) in [7, 11) is 1.56. The fraction of sp³-hybridized carbons (Fsp3) is 0.318. The Morgan fingerprint density at radius 2 is 1.94 bits per heavy atom. The van der Waals surface area contributed by atoms with Gasteiger partial charge in [0.25, 0.3) is 0 Å². The number of carbonyl (C=O) groups excluding carboxylic acids is 2. The number of nitrogens with zero attached hydrogens (tertiary/aromatic N) is 1. The van der Waals surface area contributed by atoms with Gasteiger partial charge in [-0.15, -0.1) is 0 Å². The Balaban J connectivity index is 1.62. The van der Waals surface area contributed by atoms with Crippen molar-refractivity contribution in [2.24, 2.45) is 5.16 Å². The highest BCUT2D eigenvalue weighted by atomic mass is 79.9. The average molecular weight is 490 g/mol. The first kappa shape index (κ1) is 22.6. The molecule has 2 aromatic carbocycles. The van der Waals surface area contributed by atoms with E-state index in [0.717, 1.165) is 11.1 Å². The number of benzene rings is 2. The molecule has 164 valence electrons. The maximum absolute atomic E-state index is 12.9. The Morgan fingerprint density at radius 3 is 2.65 bits per heavy atom. The standard InChI is InChI=1S/C22H24BrN3O5/c1-29-19-10-6-5-9-16(19)11-18(21(27)24-13-17-12-20(23)26-31-17)25-22(28)30-14-15-7-3-2-4-8-15/h2-10,17-18H,11-14H2,1H3,(H,24,27)(H,25,28)/t17?,18-/m0/s1. The van der Waals surface area contributed by atoms with Crippen molar-refractivity contribution in [3.63, 3.8) is 0 Å². The summed E-state index contributed by atoms with van der Waals surface area (Å²) in [5.74, 6) is 0.283. The third-order valence-electron chi connectivity index (χ3n) is 4.64. The zero-order valence-electron chi connectivity index (χ0n) is 17.0. The van der Waals surface area contributed by atoms with E-state index in [1.165, 1.54) is 0 Å². The lowest BCUT2D eigenvalue weighted by Gasteiger charge is -2.20. The number of halogens is 1. The molecule has 0 aromatic heterocycles. The summed E-state index contributed by atoms with van der Waals surface area (Å²) in [5.41, 5.74) is 1.64. The molecular weight excluding hydrogens is 466 g/mol. The summed E-state index contributed by atoms with van der Waals surface area (Å²) < 4.78 is 11.4. The molecule has 2 amide bonds. The average Bonchev–Trinajstić information content (AvgIpc) is 3.21. The molecule has 0 saturated carbocycles. The van der Waals surface area contributed by atoms with Crippen LogP contribution in [0.4, 0.5) is 4.79 Å². The number of ether oxygens (including phenoxy) is 2. The second kappa shape index (κ2) is 11.4. The van der Waals surface area contributed by atoms with Gasteiger partial charge in [0.1, 0.15) is 23.0 Å². The lowest BCUT2D eigenvalue weighted by atomic mass is 10.0. The largest absolute Gasteiger partial charge is 0.496 e. The predicted octanol–water partition coefficient (Wildman–Crippen LogP) is 3.15. The van der Waals surface area contributed by atoms with Gasteiger partial charge >= 0.3 is 6.09 Å². The third kappa shape index (κ3) is 6.99. The van der Waals surface area contributed by atoms with Gasteiger partial charge in [0, 0.05) is 12.8 Å². The number of oxime groups is 1. The molecule has 3 rings (SSSR count). The molecule has 0 bridgehead atoms. The van der Waals surface area contributed by atoms with Crippen molar-refractivity contribution < 1.29 is 23.9 Å². The summed E-state index contributed by atoms with van der Waals surface area (Å²) in [6.45, 7) is 0.373. The van der Waals surface area contributed by atoms with E-state index in [0.29, 0.717) is 16.8 Å². The molecule has 2 N–H and O–H groups in total. The highest BCUT2D eigenvalue weighted by Gasteiger charge is 2.26. The van der Waals surface area contributed by atoms with Crippen LogP contribution in [0.2, 0.25) is 0 Å². The Kier molecular flexibility index (Phi) is 8.28. The summed E-state index contributed by atoms with van der Waals surface area (Å²) in [6.07, 6.45) is -0.121. The Labute approximate surface area is 189 Å². The molecule has 2 aromatic rings. The van der Waals surface area contributed by atoms with Crippen molar-refractivity contribution in [3.8, 4) is 5.75 Å². The van der Waals surface area contributed by atoms with Gasteiger partial charge in [-0.2, -0.15) is 0 Å². The third-order valence-corrected chi connectivity index (χ3v) is 5.11. The minimum atomic E-state index is -0.856. The van der Waals surface area contributed by atoms with E-state index in [1.54, 1.807) is 13.2 Å². The number of methoxy groups -OCH3 is 1. The molecule has 1 aliphatic rings. The number of alkyl carbamates (subject to hydrolysis) is 1. The van der Waals surface area contributed by atoms with Crippen LogP contribution in [-0.4, -0.2) is 42.4 Å². The van der Waals surface area contributed by atoms with Gasteiger partial charge in [-0.25, -0.2) is 4.79 Å². The van der Waals surface area contributed by atoms with Crippen molar-refractivity contribution >= 4 is 32.6 Å². The quantitative estimate of drug-likeness (QED) is 0.563. The van der Waals surface area contributed by atoms with Gasteiger partial charge in [-0.05, 0) is 33.1 Å². The van der Waals surface area contributed by atoms with Gasteiger partial charge in [-0.3, -0.25) is 4.79 Å². The van der Waals surface area contributed by atoms with Crippen LogP contribution in [0.1, 0.15) is 17.5 Å². The van der Waals surface area contributed by atoms with Crippen LogP contribution in [0.15, 0.2) is 59.8 Å². The maximum Gasteiger partial charge on any atom is 0.408 e. The van der Waals surface area contributed by atoms with Crippen molar-refractivity contribution in [2.45, 2.75) is 31.6 Å². The van der Waals surface area contributed by atoms with Crippen molar-refractivity contribution in [1.29, 1.82) is 0 Å². The minimum absolute atomic E-state index is 0.108. The highest BCUT2D eigenvalue weighted by Crippen LogP contribution is 2.19. The molecule has 0 fully saturated rings. The van der Waals surface area contributed by atoms with Crippen molar-refractivity contribution in [3.05, 3.63) is 65.7 Å². The lowest BCUT2D eigenvalue weighted by Crippen LogP contribution is -2.49. The minimum Gasteiger partial charge on any atom is -0.496 e. The number of nitrogens with one attached hydrogen (secondary N) is 2. The van der Waals surface area contributed by atoms with Crippen LogP contribution in [0, 0.1) is 0 Å². The molecule has 0 spiro atoms. The predicted molar refractivity (Wildman–Crippen MR) is 119 cm³/mol. The first-order valence-electron chi connectivity index (χ1n) is 9.80. The molecule has 31 heavy (non-hydrogen) atoms. The van der Waals surface area contributed by atoms with Crippen molar-refractivity contribution in [1.82, 2.24) is 10.6 Å². The van der Waals surface area contributed by atoms with E-state index in [2.05, 4.69) is 31.7 Å². The molecular formula is C22H24BrN3O5. The molecule has 2 atom stereocenters. The van der Waals surface area contributed by atoms with Crippen LogP contribution < -0.4 is 15.4 Å². The topological polar surface area (TPSA) is 98.2 Å². The summed E-state index contributed by atoms with van der Waals surface area (Å²) in [6, 6.07) is 15.8. The Bertz CT molecular complexity index is 922. The van der Waals surface area contributed by atoms with Crippen LogP contribution >= 0.6 is 15.9 Å². The van der Waals surface area contributed by atoms with E-state index in [1.807, 2.05) is 48.5 Å². The number of hydrogen-bond donors (Lipinski definition) is 2. The first-order chi connectivity index (χ1) is 15.0. The number of rotatable bonds is 9. The van der Waals surface area contributed by atoms with Gasteiger partial charge < -0.3 is 24.9 Å². The summed E-state index contributed by atoms with van der Waals surface area (Å²) in [5, 5.41) is 9.28. The van der Waals surface area contributed by atoms with Crippen molar-refractivity contribution in [2.75, 3.05) is 13.7 Å².